The van der Waals surface area contributed by atoms with Gasteiger partial charge in [0, 0.05) is 13.1 Å². The third-order valence-electron chi connectivity index (χ3n) is 5.17. The number of carbonyl (C=O) groups excluding carboxylic acids is 2. The Morgan fingerprint density at radius 3 is 2.18 bits per heavy atom. The fraction of sp³-hybridized carbons (Fsp3) is 0.231. The summed E-state index contributed by atoms with van der Waals surface area (Å²) >= 11 is 0. The molecule has 3 aromatic rings. The molecule has 7 nitrogen and oxygen atoms in total. The van der Waals surface area contributed by atoms with Crippen LogP contribution in [0.15, 0.2) is 78.9 Å². The number of nitrogens with zero attached hydrogens (tertiary/aromatic N) is 1. The fourth-order valence-electron chi connectivity index (χ4n) is 3.42. The maximum absolute atomic E-state index is 12.8. The van der Waals surface area contributed by atoms with E-state index >= 15 is 0 Å². The number of carbonyl (C=O) groups is 2. The van der Waals surface area contributed by atoms with Crippen molar-refractivity contribution in [3.63, 3.8) is 0 Å². The first-order valence-corrected chi connectivity index (χ1v) is 10.8. The standard InChI is InChI=1S/C26H26N2O5/c29-25(27-24-9-5-4-8-23(24)26(30)28-14-16-31-17-15-28)19-33-22-12-10-21(11-13-22)32-18-20-6-2-1-3-7-20/h1-13H,14-19H2,(H,27,29). The van der Waals surface area contributed by atoms with Gasteiger partial charge < -0.3 is 24.4 Å². The van der Waals surface area contributed by atoms with Crippen molar-refractivity contribution in [2.24, 2.45) is 0 Å². The van der Waals surface area contributed by atoms with Gasteiger partial charge in [-0.3, -0.25) is 9.59 Å². The Kier molecular flexibility index (Phi) is 7.56. The van der Waals surface area contributed by atoms with Crippen LogP contribution in [0.5, 0.6) is 11.5 Å². The lowest BCUT2D eigenvalue weighted by Crippen LogP contribution is -2.41. The smallest absolute Gasteiger partial charge is 0.262 e. The lowest BCUT2D eigenvalue weighted by molar-refractivity contribution is -0.118. The minimum atomic E-state index is -0.346. The molecule has 1 heterocycles. The zero-order valence-electron chi connectivity index (χ0n) is 18.2. The van der Waals surface area contributed by atoms with Gasteiger partial charge in [-0.1, -0.05) is 42.5 Å². The van der Waals surface area contributed by atoms with Crippen LogP contribution in [0.1, 0.15) is 15.9 Å². The molecule has 0 atom stereocenters. The van der Waals surface area contributed by atoms with Gasteiger partial charge in [-0.2, -0.15) is 0 Å². The zero-order valence-corrected chi connectivity index (χ0v) is 18.2. The Morgan fingerprint density at radius 1 is 0.818 bits per heavy atom. The number of hydrogen-bond acceptors (Lipinski definition) is 5. The van der Waals surface area contributed by atoms with Gasteiger partial charge in [0.1, 0.15) is 18.1 Å². The Labute approximate surface area is 192 Å². The van der Waals surface area contributed by atoms with E-state index in [1.807, 2.05) is 30.3 Å². The number of benzene rings is 3. The Bertz CT molecular complexity index is 1060. The SMILES string of the molecule is O=C(COc1ccc(OCc2ccccc2)cc1)Nc1ccccc1C(=O)N1CCOCC1. The Balaban J connectivity index is 1.28. The molecule has 0 radical (unpaired) electrons. The van der Waals surface area contributed by atoms with E-state index in [2.05, 4.69) is 5.32 Å². The van der Waals surface area contributed by atoms with E-state index in [0.717, 1.165) is 5.56 Å². The van der Waals surface area contributed by atoms with Crippen LogP contribution < -0.4 is 14.8 Å². The normalized spacial score (nSPS) is 13.3. The number of anilines is 1. The van der Waals surface area contributed by atoms with Crippen LogP contribution in [0.4, 0.5) is 5.69 Å². The number of nitrogens with one attached hydrogen (secondary N) is 1. The van der Waals surface area contributed by atoms with Crippen molar-refractivity contribution >= 4 is 17.5 Å². The van der Waals surface area contributed by atoms with Crippen LogP contribution in [-0.4, -0.2) is 49.6 Å². The molecule has 4 rings (SSSR count). The summed E-state index contributed by atoms with van der Waals surface area (Å²) in [6.07, 6.45) is 0. The quantitative estimate of drug-likeness (QED) is 0.570. The van der Waals surface area contributed by atoms with E-state index in [4.69, 9.17) is 14.2 Å². The predicted molar refractivity (Wildman–Crippen MR) is 125 cm³/mol. The maximum Gasteiger partial charge on any atom is 0.262 e. The summed E-state index contributed by atoms with van der Waals surface area (Å²) in [6, 6.07) is 24.0. The summed E-state index contributed by atoms with van der Waals surface area (Å²) in [5, 5.41) is 2.78. The van der Waals surface area contributed by atoms with E-state index in [1.165, 1.54) is 0 Å². The number of hydrogen-bond donors (Lipinski definition) is 1. The van der Waals surface area contributed by atoms with Gasteiger partial charge in [-0.05, 0) is 42.0 Å². The summed E-state index contributed by atoms with van der Waals surface area (Å²) in [7, 11) is 0. The highest BCUT2D eigenvalue weighted by Crippen LogP contribution is 2.20. The first kappa shape index (κ1) is 22.4. The maximum atomic E-state index is 12.8. The lowest BCUT2D eigenvalue weighted by Gasteiger charge is -2.27. The molecular formula is C26H26N2O5. The largest absolute Gasteiger partial charge is 0.489 e. The van der Waals surface area contributed by atoms with E-state index in [1.54, 1.807) is 53.4 Å². The third-order valence-corrected chi connectivity index (χ3v) is 5.17. The van der Waals surface area contributed by atoms with Gasteiger partial charge in [0.05, 0.1) is 24.5 Å². The molecule has 0 unspecified atom stereocenters. The lowest BCUT2D eigenvalue weighted by atomic mass is 10.1. The molecule has 2 amide bonds. The van der Waals surface area contributed by atoms with Crippen molar-refractivity contribution in [3.8, 4) is 11.5 Å². The summed E-state index contributed by atoms with van der Waals surface area (Å²) in [4.78, 5) is 27.0. The average molecular weight is 447 g/mol. The minimum Gasteiger partial charge on any atom is -0.489 e. The summed E-state index contributed by atoms with van der Waals surface area (Å²) in [6.45, 7) is 2.41. The highest BCUT2D eigenvalue weighted by atomic mass is 16.5. The second-order valence-corrected chi connectivity index (χ2v) is 7.53. The minimum absolute atomic E-state index is 0.124. The van der Waals surface area contributed by atoms with Crippen molar-refractivity contribution in [2.45, 2.75) is 6.61 Å². The van der Waals surface area contributed by atoms with Crippen molar-refractivity contribution in [1.29, 1.82) is 0 Å². The molecule has 0 spiro atoms. The van der Waals surface area contributed by atoms with E-state index in [-0.39, 0.29) is 18.4 Å². The molecule has 170 valence electrons. The highest BCUT2D eigenvalue weighted by Gasteiger charge is 2.21. The van der Waals surface area contributed by atoms with Crippen molar-refractivity contribution in [2.75, 3.05) is 38.2 Å². The van der Waals surface area contributed by atoms with Crippen LogP contribution in [0.2, 0.25) is 0 Å². The second-order valence-electron chi connectivity index (χ2n) is 7.53. The van der Waals surface area contributed by atoms with E-state index < -0.39 is 0 Å². The number of para-hydroxylation sites is 1. The van der Waals surface area contributed by atoms with Gasteiger partial charge in [-0.25, -0.2) is 0 Å². The van der Waals surface area contributed by atoms with Gasteiger partial charge in [0.2, 0.25) is 0 Å². The van der Waals surface area contributed by atoms with E-state index in [9.17, 15) is 9.59 Å². The topological polar surface area (TPSA) is 77.1 Å². The van der Waals surface area contributed by atoms with Crippen molar-refractivity contribution in [1.82, 2.24) is 4.90 Å². The van der Waals surface area contributed by atoms with E-state index in [0.29, 0.717) is 55.7 Å². The number of ether oxygens (including phenoxy) is 3. The average Bonchev–Trinajstić information content (AvgIpc) is 2.88. The number of rotatable bonds is 8. The van der Waals surface area contributed by atoms with Gasteiger partial charge in [0.15, 0.2) is 6.61 Å². The molecule has 33 heavy (non-hydrogen) atoms. The molecule has 1 saturated heterocycles. The first-order chi connectivity index (χ1) is 16.2. The Hall–Kier alpha value is -3.84. The molecule has 1 aliphatic rings. The molecule has 3 aromatic carbocycles. The van der Waals surface area contributed by atoms with Crippen molar-refractivity contribution in [3.05, 3.63) is 90.0 Å². The van der Waals surface area contributed by atoms with Crippen LogP contribution in [-0.2, 0) is 16.1 Å². The van der Waals surface area contributed by atoms with Gasteiger partial charge in [-0.15, -0.1) is 0 Å². The summed E-state index contributed by atoms with van der Waals surface area (Å²) < 4.78 is 16.7. The van der Waals surface area contributed by atoms with Crippen LogP contribution in [0.25, 0.3) is 0 Å². The molecule has 1 aliphatic heterocycles. The molecule has 0 saturated carbocycles. The molecule has 1 N–H and O–H groups in total. The molecule has 0 bridgehead atoms. The monoisotopic (exact) mass is 446 g/mol. The molecular weight excluding hydrogens is 420 g/mol. The Morgan fingerprint density at radius 2 is 1.45 bits per heavy atom. The van der Waals surface area contributed by atoms with Crippen LogP contribution in [0, 0.1) is 0 Å². The molecule has 0 aromatic heterocycles. The fourth-order valence-corrected chi connectivity index (χ4v) is 3.42. The zero-order chi connectivity index (χ0) is 22.9. The van der Waals surface area contributed by atoms with Gasteiger partial charge in [0.25, 0.3) is 11.8 Å². The summed E-state index contributed by atoms with van der Waals surface area (Å²) in [5.74, 6) is 0.795. The third kappa shape index (κ3) is 6.33. The van der Waals surface area contributed by atoms with Crippen LogP contribution >= 0.6 is 0 Å². The number of morpholine rings is 1. The molecule has 0 aliphatic carbocycles. The van der Waals surface area contributed by atoms with Crippen molar-refractivity contribution < 1.29 is 23.8 Å². The number of amides is 2. The van der Waals surface area contributed by atoms with Crippen LogP contribution in [0.3, 0.4) is 0 Å². The molecule has 1 fully saturated rings. The van der Waals surface area contributed by atoms with Gasteiger partial charge >= 0.3 is 0 Å². The predicted octanol–water partition coefficient (Wildman–Crippen LogP) is 3.76. The molecule has 7 heteroatoms. The second kappa shape index (κ2) is 11.2. The highest BCUT2D eigenvalue weighted by molar-refractivity contribution is 6.04. The summed E-state index contributed by atoms with van der Waals surface area (Å²) in [5.41, 5.74) is 2.00. The first-order valence-electron chi connectivity index (χ1n) is 10.8.